The number of hydrogen-bond acceptors (Lipinski definition) is 2. The largest absolute Gasteiger partial charge is 0.328 e. The van der Waals surface area contributed by atoms with Crippen molar-refractivity contribution in [3.05, 3.63) is 48.0 Å². The zero-order valence-corrected chi connectivity index (χ0v) is 10.8. The van der Waals surface area contributed by atoms with Gasteiger partial charge in [-0.2, -0.15) is 0 Å². The SMILES string of the molecule is C[C@@H](c1ccc2ccccc2c1)N1CC(=O)CC1=O. The summed E-state index contributed by atoms with van der Waals surface area (Å²) in [5.74, 6) is -0.0525. The molecule has 0 unspecified atom stereocenters. The third-order valence-electron chi connectivity index (χ3n) is 3.74. The maximum Gasteiger partial charge on any atom is 0.230 e. The summed E-state index contributed by atoms with van der Waals surface area (Å²) >= 11 is 0. The minimum atomic E-state index is -0.0642. The molecule has 0 spiro atoms. The van der Waals surface area contributed by atoms with Crippen LogP contribution in [0.1, 0.15) is 24.9 Å². The third-order valence-corrected chi connectivity index (χ3v) is 3.74. The predicted molar refractivity (Wildman–Crippen MR) is 73.7 cm³/mol. The molecule has 1 atom stereocenters. The van der Waals surface area contributed by atoms with E-state index < -0.39 is 0 Å². The zero-order valence-electron chi connectivity index (χ0n) is 10.8. The molecular formula is C16H15NO2. The van der Waals surface area contributed by atoms with E-state index in [1.165, 1.54) is 5.39 Å². The summed E-state index contributed by atoms with van der Waals surface area (Å²) in [6, 6.07) is 14.3. The smallest absolute Gasteiger partial charge is 0.230 e. The number of ketones is 1. The van der Waals surface area contributed by atoms with Crippen LogP contribution in [0.25, 0.3) is 10.8 Å². The third kappa shape index (κ3) is 2.12. The van der Waals surface area contributed by atoms with Gasteiger partial charge in [0.1, 0.15) is 0 Å². The molecule has 96 valence electrons. The Hall–Kier alpha value is -2.16. The molecule has 1 saturated heterocycles. The lowest BCUT2D eigenvalue weighted by molar-refractivity contribution is -0.129. The van der Waals surface area contributed by atoms with E-state index in [1.54, 1.807) is 4.90 Å². The van der Waals surface area contributed by atoms with Gasteiger partial charge in [0.05, 0.1) is 19.0 Å². The average Bonchev–Trinajstić information content (AvgIpc) is 2.76. The molecule has 1 heterocycles. The van der Waals surface area contributed by atoms with Crippen LogP contribution >= 0.6 is 0 Å². The second-order valence-corrected chi connectivity index (χ2v) is 5.02. The van der Waals surface area contributed by atoms with Crippen LogP contribution in [-0.4, -0.2) is 23.1 Å². The molecule has 3 nitrogen and oxygen atoms in total. The second kappa shape index (κ2) is 4.50. The first-order valence-corrected chi connectivity index (χ1v) is 6.45. The van der Waals surface area contributed by atoms with Crippen molar-refractivity contribution in [2.24, 2.45) is 0 Å². The molecule has 0 N–H and O–H groups in total. The Labute approximate surface area is 111 Å². The summed E-state index contributed by atoms with van der Waals surface area (Å²) in [6.07, 6.45) is 0.0535. The zero-order chi connectivity index (χ0) is 13.4. The number of carbonyl (C=O) groups is 2. The molecule has 2 aromatic carbocycles. The van der Waals surface area contributed by atoms with Crippen molar-refractivity contribution in [2.75, 3.05) is 6.54 Å². The van der Waals surface area contributed by atoms with Crippen LogP contribution in [0.3, 0.4) is 0 Å². The Balaban J connectivity index is 1.95. The molecule has 1 aliphatic heterocycles. The summed E-state index contributed by atoms with van der Waals surface area (Å²) in [4.78, 5) is 24.8. The fourth-order valence-electron chi connectivity index (χ4n) is 2.60. The van der Waals surface area contributed by atoms with Crippen molar-refractivity contribution in [3.63, 3.8) is 0 Å². The Morgan fingerprint density at radius 3 is 2.47 bits per heavy atom. The summed E-state index contributed by atoms with van der Waals surface area (Å²) in [7, 11) is 0. The molecule has 19 heavy (non-hydrogen) atoms. The van der Waals surface area contributed by atoms with Crippen LogP contribution in [0, 0.1) is 0 Å². The van der Waals surface area contributed by atoms with E-state index >= 15 is 0 Å². The van der Waals surface area contributed by atoms with Gasteiger partial charge in [0, 0.05) is 0 Å². The van der Waals surface area contributed by atoms with E-state index in [9.17, 15) is 9.59 Å². The molecule has 0 saturated carbocycles. The average molecular weight is 253 g/mol. The molecule has 1 amide bonds. The van der Waals surface area contributed by atoms with Crippen molar-refractivity contribution < 1.29 is 9.59 Å². The maximum absolute atomic E-state index is 11.8. The first kappa shape index (κ1) is 11.9. The standard InChI is InChI=1S/C16H15NO2/c1-11(17-10-15(18)9-16(17)19)13-7-6-12-4-2-3-5-14(12)8-13/h2-8,11H,9-10H2,1H3/t11-/m0/s1. The molecule has 0 aliphatic carbocycles. The normalized spacial score (nSPS) is 17.2. The summed E-state index contributed by atoms with van der Waals surface area (Å²) in [5.41, 5.74) is 1.07. The molecular weight excluding hydrogens is 238 g/mol. The van der Waals surface area contributed by atoms with Gasteiger partial charge in [0.15, 0.2) is 5.78 Å². The first-order chi connectivity index (χ1) is 9.15. The topological polar surface area (TPSA) is 37.4 Å². The summed E-state index contributed by atoms with van der Waals surface area (Å²) in [5, 5.41) is 2.34. The van der Waals surface area contributed by atoms with Gasteiger partial charge in [-0.3, -0.25) is 9.59 Å². The number of rotatable bonds is 2. The highest BCUT2D eigenvalue weighted by Gasteiger charge is 2.31. The van der Waals surface area contributed by atoms with Crippen LogP contribution in [0.15, 0.2) is 42.5 Å². The number of likely N-dealkylation sites (tertiary alicyclic amines) is 1. The molecule has 0 radical (unpaired) electrons. The molecule has 2 aromatic rings. The molecule has 3 rings (SSSR count). The van der Waals surface area contributed by atoms with Crippen molar-refractivity contribution >= 4 is 22.5 Å². The molecule has 0 bridgehead atoms. The van der Waals surface area contributed by atoms with Gasteiger partial charge in [0.25, 0.3) is 0 Å². The lowest BCUT2D eigenvalue weighted by Crippen LogP contribution is -2.28. The number of hydrogen-bond donors (Lipinski definition) is 0. The fourth-order valence-corrected chi connectivity index (χ4v) is 2.60. The van der Waals surface area contributed by atoms with Crippen LogP contribution < -0.4 is 0 Å². The number of benzene rings is 2. The van der Waals surface area contributed by atoms with Gasteiger partial charge >= 0.3 is 0 Å². The number of amides is 1. The summed E-state index contributed by atoms with van der Waals surface area (Å²) in [6.45, 7) is 2.22. The van der Waals surface area contributed by atoms with Crippen molar-refractivity contribution in [3.8, 4) is 0 Å². The van der Waals surface area contributed by atoms with Gasteiger partial charge in [-0.15, -0.1) is 0 Å². The van der Waals surface area contributed by atoms with Crippen LogP contribution in [-0.2, 0) is 9.59 Å². The monoisotopic (exact) mass is 253 g/mol. The minimum absolute atomic E-state index is 0.0117. The molecule has 0 aromatic heterocycles. The number of nitrogens with zero attached hydrogens (tertiary/aromatic N) is 1. The van der Waals surface area contributed by atoms with E-state index in [2.05, 4.69) is 24.3 Å². The van der Waals surface area contributed by atoms with Crippen LogP contribution in [0.2, 0.25) is 0 Å². The van der Waals surface area contributed by atoms with Gasteiger partial charge < -0.3 is 4.90 Å². The number of carbonyl (C=O) groups excluding carboxylic acids is 2. The van der Waals surface area contributed by atoms with Crippen molar-refractivity contribution in [1.29, 1.82) is 0 Å². The van der Waals surface area contributed by atoms with Gasteiger partial charge in [-0.25, -0.2) is 0 Å². The van der Waals surface area contributed by atoms with E-state index in [-0.39, 0.29) is 30.7 Å². The summed E-state index contributed by atoms with van der Waals surface area (Å²) < 4.78 is 0. The molecule has 3 heteroatoms. The van der Waals surface area contributed by atoms with Gasteiger partial charge in [-0.05, 0) is 29.3 Å². The second-order valence-electron chi connectivity index (χ2n) is 5.02. The minimum Gasteiger partial charge on any atom is -0.328 e. The predicted octanol–water partition coefficient (Wildman–Crippen LogP) is 2.70. The van der Waals surface area contributed by atoms with E-state index in [0.29, 0.717) is 0 Å². The van der Waals surface area contributed by atoms with Gasteiger partial charge in [-0.1, -0.05) is 36.4 Å². The quantitative estimate of drug-likeness (QED) is 0.772. The lowest BCUT2D eigenvalue weighted by atomic mass is 10.0. The number of fused-ring (bicyclic) bond motifs is 1. The van der Waals surface area contributed by atoms with Crippen molar-refractivity contribution in [1.82, 2.24) is 4.90 Å². The van der Waals surface area contributed by atoms with E-state index in [1.807, 2.05) is 25.1 Å². The van der Waals surface area contributed by atoms with E-state index in [4.69, 9.17) is 0 Å². The highest BCUT2D eigenvalue weighted by Crippen LogP contribution is 2.27. The first-order valence-electron chi connectivity index (χ1n) is 6.45. The highest BCUT2D eigenvalue weighted by molar-refractivity contribution is 6.05. The van der Waals surface area contributed by atoms with Crippen molar-refractivity contribution in [2.45, 2.75) is 19.4 Å². The van der Waals surface area contributed by atoms with Crippen LogP contribution in [0.4, 0.5) is 0 Å². The van der Waals surface area contributed by atoms with Crippen LogP contribution in [0.5, 0.6) is 0 Å². The number of Topliss-reactive ketones (excluding diaryl/α,β-unsaturated/α-hetero) is 1. The van der Waals surface area contributed by atoms with Gasteiger partial charge in [0.2, 0.25) is 5.91 Å². The molecule has 1 fully saturated rings. The Morgan fingerprint density at radius 1 is 1.05 bits per heavy atom. The fraction of sp³-hybridized carbons (Fsp3) is 0.250. The lowest BCUT2D eigenvalue weighted by Gasteiger charge is -2.24. The Bertz CT molecular complexity index is 663. The highest BCUT2D eigenvalue weighted by atomic mass is 16.2. The molecule has 1 aliphatic rings. The van der Waals surface area contributed by atoms with E-state index in [0.717, 1.165) is 10.9 Å². The Kier molecular flexibility index (Phi) is 2.82. The Morgan fingerprint density at radius 2 is 1.79 bits per heavy atom. The maximum atomic E-state index is 11.8.